The zero-order chi connectivity index (χ0) is 12.3. The van der Waals surface area contributed by atoms with Gasteiger partial charge in [-0.3, -0.25) is 4.79 Å². The van der Waals surface area contributed by atoms with Crippen molar-refractivity contribution < 1.29 is 9.52 Å². The van der Waals surface area contributed by atoms with E-state index in [-0.39, 0.29) is 11.9 Å². The Bertz CT molecular complexity index is 389. The van der Waals surface area contributed by atoms with Gasteiger partial charge >= 0.3 is 0 Å². The summed E-state index contributed by atoms with van der Waals surface area (Å²) in [6.07, 6.45) is 7.37. The molecule has 1 aromatic rings. The minimum absolute atomic E-state index is 0.0793. The van der Waals surface area contributed by atoms with Crippen molar-refractivity contribution in [2.24, 2.45) is 5.92 Å². The summed E-state index contributed by atoms with van der Waals surface area (Å²) in [4.78, 5) is 11.9. The second-order valence-electron chi connectivity index (χ2n) is 4.79. The Kier molecular flexibility index (Phi) is 3.61. The van der Waals surface area contributed by atoms with Gasteiger partial charge in [0.2, 0.25) is 0 Å². The summed E-state index contributed by atoms with van der Waals surface area (Å²) in [5.41, 5.74) is 0.551. The topological polar surface area (TPSA) is 56.0 Å². The van der Waals surface area contributed by atoms with Crippen LogP contribution in [-0.2, 0) is 0 Å². The predicted molar refractivity (Wildman–Crippen MR) is 64.3 cm³/mol. The normalized spacial score (nSPS) is 24.3. The first-order valence-electron chi connectivity index (χ1n) is 6.16. The number of carbonyl (C=O) groups excluding carboxylic acids is 1. The Labute approximate surface area is 101 Å². The highest BCUT2D eigenvalue weighted by Gasteiger charge is 2.23. The van der Waals surface area contributed by atoms with Gasteiger partial charge in [-0.05, 0) is 18.8 Å². The van der Waals surface area contributed by atoms with Gasteiger partial charge in [0, 0.05) is 18.2 Å². The van der Waals surface area contributed by atoms with Crippen LogP contribution in [0.15, 0.2) is 24.5 Å². The van der Waals surface area contributed by atoms with Crippen LogP contribution in [0.2, 0.25) is 0 Å². The molecule has 1 heterocycles. The highest BCUT2D eigenvalue weighted by Crippen LogP contribution is 2.23. The largest absolute Gasteiger partial charge is 0.619 e. The van der Waals surface area contributed by atoms with E-state index in [0.717, 1.165) is 6.42 Å². The van der Waals surface area contributed by atoms with Gasteiger partial charge in [0.1, 0.15) is 0 Å². The first kappa shape index (κ1) is 11.9. The van der Waals surface area contributed by atoms with E-state index in [0.29, 0.717) is 16.2 Å². The molecule has 1 aliphatic carbocycles. The van der Waals surface area contributed by atoms with Crippen LogP contribution in [-0.4, -0.2) is 11.9 Å². The summed E-state index contributed by atoms with van der Waals surface area (Å²) in [7, 11) is 0. The molecule has 0 spiro atoms. The fourth-order valence-corrected chi connectivity index (χ4v) is 2.35. The Hall–Kier alpha value is -1.58. The molecule has 17 heavy (non-hydrogen) atoms. The zero-order valence-corrected chi connectivity index (χ0v) is 10.1. The van der Waals surface area contributed by atoms with Gasteiger partial charge in [0.25, 0.3) is 5.91 Å². The van der Waals surface area contributed by atoms with E-state index < -0.39 is 0 Å². The summed E-state index contributed by atoms with van der Waals surface area (Å²) < 4.78 is 0.681. The lowest BCUT2D eigenvalue weighted by Crippen LogP contribution is -2.41. The molecule has 1 saturated carbocycles. The maximum atomic E-state index is 11.9. The molecule has 1 aliphatic rings. The minimum atomic E-state index is -0.0793. The number of amides is 1. The van der Waals surface area contributed by atoms with Gasteiger partial charge in [-0.2, -0.15) is 4.73 Å². The van der Waals surface area contributed by atoms with Crippen LogP contribution in [0.3, 0.4) is 0 Å². The van der Waals surface area contributed by atoms with Gasteiger partial charge in [-0.25, -0.2) is 0 Å². The fourth-order valence-electron chi connectivity index (χ4n) is 2.35. The third-order valence-corrected chi connectivity index (χ3v) is 3.49. The maximum Gasteiger partial charge on any atom is 0.251 e. The third-order valence-electron chi connectivity index (χ3n) is 3.49. The SMILES string of the molecule is CC1CCCCC1NC(=O)c1cc[n+]([O-])cc1. The molecule has 2 rings (SSSR count). The first-order chi connectivity index (χ1) is 8.16. The average Bonchev–Trinajstić information content (AvgIpc) is 2.33. The van der Waals surface area contributed by atoms with Crippen molar-refractivity contribution in [2.75, 3.05) is 0 Å². The van der Waals surface area contributed by atoms with Gasteiger partial charge in [-0.15, -0.1) is 0 Å². The molecule has 4 heteroatoms. The van der Waals surface area contributed by atoms with Crippen LogP contribution >= 0.6 is 0 Å². The second-order valence-corrected chi connectivity index (χ2v) is 4.79. The fraction of sp³-hybridized carbons (Fsp3) is 0.538. The van der Waals surface area contributed by atoms with Crippen molar-refractivity contribution in [1.82, 2.24) is 5.32 Å². The molecule has 0 aliphatic heterocycles. The van der Waals surface area contributed by atoms with Crippen molar-refractivity contribution >= 4 is 5.91 Å². The Morgan fingerprint density at radius 1 is 1.35 bits per heavy atom. The average molecular weight is 234 g/mol. The van der Waals surface area contributed by atoms with E-state index in [1.54, 1.807) is 12.1 Å². The van der Waals surface area contributed by atoms with Crippen LogP contribution < -0.4 is 10.0 Å². The minimum Gasteiger partial charge on any atom is -0.619 e. The van der Waals surface area contributed by atoms with E-state index in [4.69, 9.17) is 0 Å². The second kappa shape index (κ2) is 5.17. The molecule has 0 bridgehead atoms. The number of carbonyl (C=O) groups is 1. The van der Waals surface area contributed by atoms with E-state index in [2.05, 4.69) is 12.2 Å². The molecule has 2 unspecified atom stereocenters. The summed E-state index contributed by atoms with van der Waals surface area (Å²) in [5, 5.41) is 13.9. The molecular weight excluding hydrogens is 216 g/mol. The lowest BCUT2D eigenvalue weighted by molar-refractivity contribution is -0.605. The van der Waals surface area contributed by atoms with Crippen LogP contribution in [0.25, 0.3) is 0 Å². The lowest BCUT2D eigenvalue weighted by Gasteiger charge is -2.29. The molecule has 1 amide bonds. The monoisotopic (exact) mass is 234 g/mol. The quantitative estimate of drug-likeness (QED) is 0.624. The van der Waals surface area contributed by atoms with Crippen molar-refractivity contribution in [3.05, 3.63) is 35.3 Å². The van der Waals surface area contributed by atoms with Gasteiger partial charge in [0.15, 0.2) is 12.4 Å². The maximum absolute atomic E-state index is 11.9. The highest BCUT2D eigenvalue weighted by molar-refractivity contribution is 5.94. The van der Waals surface area contributed by atoms with Crippen LogP contribution in [0, 0.1) is 11.1 Å². The predicted octanol–water partition coefficient (Wildman–Crippen LogP) is 1.63. The van der Waals surface area contributed by atoms with E-state index >= 15 is 0 Å². The summed E-state index contributed by atoms with van der Waals surface area (Å²) in [6.45, 7) is 2.18. The zero-order valence-electron chi connectivity index (χ0n) is 10.1. The standard InChI is InChI=1S/C13H18N2O2/c1-10-4-2-3-5-12(10)14-13(16)11-6-8-15(17)9-7-11/h6-10,12H,2-5H2,1H3,(H,14,16). The van der Waals surface area contributed by atoms with Crippen molar-refractivity contribution in [3.8, 4) is 0 Å². The number of rotatable bonds is 2. The number of hydrogen-bond acceptors (Lipinski definition) is 2. The van der Waals surface area contributed by atoms with E-state index in [1.165, 1.54) is 31.7 Å². The molecular formula is C13H18N2O2. The number of aromatic nitrogens is 1. The highest BCUT2D eigenvalue weighted by atomic mass is 16.5. The molecule has 1 fully saturated rings. The van der Waals surface area contributed by atoms with Gasteiger partial charge in [0.05, 0.1) is 5.56 Å². The molecule has 92 valence electrons. The van der Waals surface area contributed by atoms with E-state index in [9.17, 15) is 10.0 Å². The number of nitrogens with one attached hydrogen (secondary N) is 1. The van der Waals surface area contributed by atoms with Crippen molar-refractivity contribution in [1.29, 1.82) is 0 Å². The summed E-state index contributed by atoms with van der Waals surface area (Å²) in [5.74, 6) is 0.463. The Morgan fingerprint density at radius 2 is 2.00 bits per heavy atom. The Morgan fingerprint density at radius 3 is 2.65 bits per heavy atom. The van der Waals surface area contributed by atoms with Crippen LogP contribution in [0.4, 0.5) is 0 Å². The lowest BCUT2D eigenvalue weighted by atomic mass is 9.86. The van der Waals surface area contributed by atoms with Crippen LogP contribution in [0.1, 0.15) is 43.0 Å². The number of nitrogens with zero attached hydrogens (tertiary/aromatic N) is 1. The number of pyridine rings is 1. The molecule has 0 aromatic carbocycles. The summed E-state index contributed by atoms with van der Waals surface area (Å²) in [6, 6.07) is 3.38. The molecule has 0 saturated heterocycles. The summed E-state index contributed by atoms with van der Waals surface area (Å²) >= 11 is 0. The van der Waals surface area contributed by atoms with Crippen molar-refractivity contribution in [2.45, 2.75) is 38.6 Å². The molecule has 1 N–H and O–H groups in total. The van der Waals surface area contributed by atoms with E-state index in [1.807, 2.05) is 0 Å². The molecule has 0 radical (unpaired) electrons. The third kappa shape index (κ3) is 2.96. The molecule has 2 atom stereocenters. The smallest absolute Gasteiger partial charge is 0.251 e. The van der Waals surface area contributed by atoms with Gasteiger partial charge < -0.3 is 10.5 Å². The Balaban J connectivity index is 1.98. The first-order valence-corrected chi connectivity index (χ1v) is 6.16. The van der Waals surface area contributed by atoms with Crippen LogP contribution in [0.5, 0.6) is 0 Å². The molecule has 4 nitrogen and oxygen atoms in total. The van der Waals surface area contributed by atoms with Gasteiger partial charge in [-0.1, -0.05) is 19.8 Å². The molecule has 1 aromatic heterocycles. The van der Waals surface area contributed by atoms with Crippen molar-refractivity contribution in [3.63, 3.8) is 0 Å². The number of hydrogen-bond donors (Lipinski definition) is 1.